The van der Waals surface area contributed by atoms with E-state index in [-0.39, 0.29) is 11.0 Å². The van der Waals surface area contributed by atoms with E-state index >= 15 is 0 Å². The molecule has 130 valence electrons. The van der Waals surface area contributed by atoms with Gasteiger partial charge >= 0.3 is 5.97 Å². The molecule has 0 unspecified atom stereocenters. The lowest BCUT2D eigenvalue weighted by atomic mass is 10.2. The van der Waals surface area contributed by atoms with E-state index in [0.29, 0.717) is 22.3 Å². The van der Waals surface area contributed by atoms with Gasteiger partial charge in [-0.3, -0.25) is 4.72 Å². The maximum atomic E-state index is 12.6. The van der Waals surface area contributed by atoms with Crippen LogP contribution in [-0.2, 0) is 14.8 Å². The highest BCUT2D eigenvalue weighted by Gasteiger charge is 2.20. The van der Waals surface area contributed by atoms with E-state index in [1.54, 1.807) is 26.0 Å². The number of nitrogens with one attached hydrogen (secondary N) is 1. The number of fused-ring (bicyclic) bond motifs is 1. The minimum Gasteiger partial charge on any atom is -0.459 e. The molecule has 0 aliphatic carbocycles. The normalized spacial score (nSPS) is 11.6. The number of nitrogens with zero attached hydrogens (tertiary/aromatic N) is 2. The summed E-state index contributed by atoms with van der Waals surface area (Å²) in [4.78, 5) is 11.9. The molecule has 9 heteroatoms. The Hall–Kier alpha value is -2.52. The van der Waals surface area contributed by atoms with E-state index in [4.69, 9.17) is 4.74 Å². The van der Waals surface area contributed by atoms with Crippen LogP contribution in [0.25, 0.3) is 11.0 Å². The minimum absolute atomic E-state index is 0.0574. The summed E-state index contributed by atoms with van der Waals surface area (Å²) < 4.78 is 40.9. The second-order valence-electron chi connectivity index (χ2n) is 5.53. The molecular weight excluding hydrogens is 362 g/mol. The van der Waals surface area contributed by atoms with Crippen LogP contribution in [0.1, 0.15) is 24.2 Å². The Morgan fingerprint density at radius 3 is 2.52 bits per heavy atom. The van der Waals surface area contributed by atoms with Crippen LogP contribution in [0.5, 0.6) is 0 Å². The Balaban J connectivity index is 1.84. The van der Waals surface area contributed by atoms with Gasteiger partial charge in [-0.2, -0.15) is 8.75 Å². The van der Waals surface area contributed by atoms with Gasteiger partial charge in [-0.05, 0) is 50.2 Å². The van der Waals surface area contributed by atoms with Gasteiger partial charge in [0.1, 0.15) is 15.9 Å². The van der Waals surface area contributed by atoms with Crippen LogP contribution >= 0.6 is 11.7 Å². The maximum absolute atomic E-state index is 12.6. The molecule has 7 nitrogen and oxygen atoms in total. The third kappa shape index (κ3) is 3.77. The average molecular weight is 377 g/mol. The van der Waals surface area contributed by atoms with Crippen molar-refractivity contribution in [3.63, 3.8) is 0 Å². The maximum Gasteiger partial charge on any atom is 0.338 e. The molecule has 0 bridgehead atoms. The summed E-state index contributed by atoms with van der Waals surface area (Å²) in [6, 6.07) is 10.8. The number of carbonyl (C=O) groups excluding carboxylic acids is 1. The summed E-state index contributed by atoms with van der Waals surface area (Å²) in [7, 11) is -3.82. The molecule has 3 aromatic rings. The summed E-state index contributed by atoms with van der Waals surface area (Å²) in [5.41, 5.74) is 1.54. The molecule has 0 aliphatic heterocycles. The first-order valence-corrected chi connectivity index (χ1v) is 9.63. The molecule has 0 spiro atoms. The minimum atomic E-state index is -3.82. The number of rotatable bonds is 5. The molecule has 3 rings (SSSR count). The molecule has 0 radical (unpaired) electrons. The van der Waals surface area contributed by atoms with Crippen molar-refractivity contribution in [2.75, 3.05) is 4.72 Å². The van der Waals surface area contributed by atoms with E-state index in [1.165, 1.54) is 30.3 Å². The molecule has 25 heavy (non-hydrogen) atoms. The standard InChI is InChI=1S/C16H15N3O4S2/c1-10(2)23-16(20)11-6-8-12(9-7-11)19-25(21,22)14-5-3-4-13-15(14)18-24-17-13/h3-10,19H,1-2H3. The van der Waals surface area contributed by atoms with Crippen molar-refractivity contribution in [2.24, 2.45) is 0 Å². The van der Waals surface area contributed by atoms with Gasteiger partial charge in [-0.15, -0.1) is 0 Å². The van der Waals surface area contributed by atoms with Gasteiger partial charge in [0.15, 0.2) is 0 Å². The SMILES string of the molecule is CC(C)OC(=O)c1ccc(NS(=O)(=O)c2cccc3nsnc23)cc1. The second-order valence-corrected chi connectivity index (χ2v) is 7.70. The molecule has 1 aromatic heterocycles. The number of carbonyl (C=O) groups is 1. The summed E-state index contributed by atoms with van der Waals surface area (Å²) in [5, 5.41) is 0. The van der Waals surface area contributed by atoms with Crippen LogP contribution in [0, 0.1) is 0 Å². The van der Waals surface area contributed by atoms with Crippen LogP contribution in [0.2, 0.25) is 0 Å². The Kier molecular flexibility index (Phi) is 4.69. The zero-order valence-corrected chi connectivity index (χ0v) is 15.1. The second kappa shape index (κ2) is 6.77. The Morgan fingerprint density at radius 1 is 1.12 bits per heavy atom. The summed E-state index contributed by atoms with van der Waals surface area (Å²) in [5.74, 6) is -0.456. The van der Waals surface area contributed by atoms with E-state index in [9.17, 15) is 13.2 Å². The fourth-order valence-corrected chi connectivity index (χ4v) is 3.99. The lowest BCUT2D eigenvalue weighted by Gasteiger charge is -2.10. The number of hydrogen-bond donors (Lipinski definition) is 1. The van der Waals surface area contributed by atoms with E-state index < -0.39 is 16.0 Å². The lowest BCUT2D eigenvalue weighted by molar-refractivity contribution is 0.0378. The van der Waals surface area contributed by atoms with Gasteiger partial charge < -0.3 is 4.74 Å². The van der Waals surface area contributed by atoms with Crippen molar-refractivity contribution in [3.05, 3.63) is 48.0 Å². The smallest absolute Gasteiger partial charge is 0.338 e. The first-order chi connectivity index (χ1) is 11.9. The van der Waals surface area contributed by atoms with Gasteiger partial charge in [0.25, 0.3) is 10.0 Å². The number of esters is 1. The molecule has 0 saturated carbocycles. The molecule has 0 aliphatic rings. The predicted molar refractivity (Wildman–Crippen MR) is 95.2 cm³/mol. The fraction of sp³-hybridized carbons (Fsp3) is 0.188. The van der Waals surface area contributed by atoms with E-state index in [1.807, 2.05) is 0 Å². The predicted octanol–water partition coefficient (Wildman–Crippen LogP) is 3.06. The monoisotopic (exact) mass is 377 g/mol. The van der Waals surface area contributed by atoms with Crippen LogP contribution in [0.4, 0.5) is 5.69 Å². The van der Waals surface area contributed by atoms with Gasteiger partial charge in [0.2, 0.25) is 0 Å². The number of hydrogen-bond acceptors (Lipinski definition) is 7. The van der Waals surface area contributed by atoms with E-state index in [0.717, 1.165) is 11.7 Å². The first-order valence-electron chi connectivity index (χ1n) is 7.42. The van der Waals surface area contributed by atoms with Crippen LogP contribution in [-0.4, -0.2) is 29.2 Å². The van der Waals surface area contributed by atoms with Crippen molar-refractivity contribution < 1.29 is 17.9 Å². The van der Waals surface area contributed by atoms with Crippen molar-refractivity contribution in [3.8, 4) is 0 Å². The third-order valence-electron chi connectivity index (χ3n) is 3.25. The van der Waals surface area contributed by atoms with Gasteiger partial charge in [0.05, 0.1) is 23.4 Å². The van der Waals surface area contributed by atoms with Crippen LogP contribution < -0.4 is 4.72 Å². The summed E-state index contributed by atoms with van der Waals surface area (Å²) in [6.45, 7) is 3.52. The number of anilines is 1. The molecule has 0 atom stereocenters. The quantitative estimate of drug-likeness (QED) is 0.686. The summed E-state index contributed by atoms with van der Waals surface area (Å²) >= 11 is 0.956. The molecular formula is C16H15N3O4S2. The van der Waals surface area contributed by atoms with Crippen LogP contribution in [0.15, 0.2) is 47.4 Å². The van der Waals surface area contributed by atoms with Gasteiger partial charge in [-0.1, -0.05) is 6.07 Å². The molecule has 1 N–H and O–H groups in total. The summed E-state index contributed by atoms with van der Waals surface area (Å²) in [6.07, 6.45) is -0.224. The number of aromatic nitrogens is 2. The van der Waals surface area contributed by atoms with Gasteiger partial charge in [-0.25, -0.2) is 13.2 Å². The van der Waals surface area contributed by atoms with Crippen molar-refractivity contribution >= 4 is 44.4 Å². The Bertz CT molecular complexity index is 1010. The first kappa shape index (κ1) is 17.3. The zero-order chi connectivity index (χ0) is 18.0. The highest BCUT2D eigenvalue weighted by molar-refractivity contribution is 7.93. The largest absolute Gasteiger partial charge is 0.459 e. The number of sulfonamides is 1. The Labute approximate surface area is 149 Å². The highest BCUT2D eigenvalue weighted by atomic mass is 32.2. The third-order valence-corrected chi connectivity index (χ3v) is 5.21. The lowest BCUT2D eigenvalue weighted by Crippen LogP contribution is -2.14. The van der Waals surface area contributed by atoms with Crippen LogP contribution in [0.3, 0.4) is 0 Å². The molecule has 2 aromatic carbocycles. The number of benzene rings is 2. The van der Waals surface area contributed by atoms with E-state index in [2.05, 4.69) is 13.5 Å². The highest BCUT2D eigenvalue weighted by Crippen LogP contribution is 2.23. The molecule has 0 amide bonds. The fourth-order valence-electron chi connectivity index (χ4n) is 2.16. The zero-order valence-electron chi connectivity index (χ0n) is 13.5. The molecule has 0 saturated heterocycles. The average Bonchev–Trinajstić information content (AvgIpc) is 3.02. The number of ether oxygens (including phenoxy) is 1. The molecule has 1 heterocycles. The van der Waals surface area contributed by atoms with Crippen molar-refractivity contribution in [1.29, 1.82) is 0 Å². The van der Waals surface area contributed by atoms with Crippen molar-refractivity contribution in [2.45, 2.75) is 24.8 Å². The van der Waals surface area contributed by atoms with Gasteiger partial charge in [0, 0.05) is 5.69 Å². The topological polar surface area (TPSA) is 98.2 Å². The molecule has 0 fully saturated rings. The Morgan fingerprint density at radius 2 is 1.84 bits per heavy atom. The van der Waals surface area contributed by atoms with Crippen molar-refractivity contribution in [1.82, 2.24) is 8.75 Å².